The van der Waals surface area contributed by atoms with Crippen molar-refractivity contribution in [2.24, 2.45) is 5.41 Å². The van der Waals surface area contributed by atoms with E-state index in [9.17, 15) is 18.8 Å². The maximum Gasteiger partial charge on any atom is 0.313 e. The van der Waals surface area contributed by atoms with E-state index in [1.165, 1.54) is 23.2 Å². The topological polar surface area (TPSA) is 109 Å². The second-order valence-electron chi connectivity index (χ2n) is 9.47. The summed E-state index contributed by atoms with van der Waals surface area (Å²) in [6, 6.07) is 6.68. The van der Waals surface area contributed by atoms with E-state index in [0.29, 0.717) is 23.5 Å². The Bertz CT molecular complexity index is 1120. The van der Waals surface area contributed by atoms with Gasteiger partial charge in [0, 0.05) is 24.5 Å². The highest BCUT2D eigenvalue weighted by Gasteiger charge is 2.50. The smallest absolute Gasteiger partial charge is 0.313 e. The molecular weight excluding hydrogens is 437 g/mol. The maximum atomic E-state index is 13.6. The molecule has 180 valence electrons. The number of rotatable bonds is 4. The van der Waals surface area contributed by atoms with Crippen molar-refractivity contribution in [1.82, 2.24) is 14.8 Å². The number of piperazine rings is 1. The molecule has 9 heteroatoms. The number of nitrogens with two attached hydrogens (primary N) is 1. The minimum absolute atomic E-state index is 0.0590. The first-order chi connectivity index (χ1) is 16.1. The van der Waals surface area contributed by atoms with Gasteiger partial charge in [0.05, 0.1) is 17.9 Å². The van der Waals surface area contributed by atoms with Crippen LogP contribution < -0.4 is 11.1 Å². The van der Waals surface area contributed by atoms with Gasteiger partial charge < -0.3 is 20.9 Å². The fourth-order valence-electron chi connectivity index (χ4n) is 4.39. The fourth-order valence-corrected chi connectivity index (χ4v) is 4.39. The lowest BCUT2D eigenvalue weighted by molar-refractivity contribution is -0.153. The number of carbonyl (C=O) groups excluding carboxylic acids is 3. The normalized spacial score (nSPS) is 21.2. The third kappa shape index (κ3) is 4.60. The molecule has 1 saturated heterocycles. The summed E-state index contributed by atoms with van der Waals surface area (Å²) in [5.74, 6) is -1.49. The minimum atomic E-state index is -0.804. The zero-order valence-corrected chi connectivity index (χ0v) is 19.7. The van der Waals surface area contributed by atoms with E-state index in [0.717, 1.165) is 18.4 Å². The minimum Gasteiger partial charge on any atom is -0.383 e. The van der Waals surface area contributed by atoms with Crippen LogP contribution >= 0.6 is 0 Å². The zero-order valence-electron chi connectivity index (χ0n) is 19.7. The molecule has 1 aliphatic heterocycles. The molecule has 2 heterocycles. The first-order valence-corrected chi connectivity index (χ1v) is 11.6. The van der Waals surface area contributed by atoms with Crippen LogP contribution in [-0.2, 0) is 20.8 Å². The van der Waals surface area contributed by atoms with Gasteiger partial charge in [0.1, 0.15) is 11.6 Å². The number of aryl methyl sites for hydroxylation is 1. The van der Waals surface area contributed by atoms with E-state index in [4.69, 9.17) is 5.73 Å². The summed E-state index contributed by atoms with van der Waals surface area (Å²) in [4.78, 5) is 46.7. The Kier molecular flexibility index (Phi) is 6.29. The Hall–Kier alpha value is -3.49. The van der Waals surface area contributed by atoms with Gasteiger partial charge in [-0.25, -0.2) is 9.37 Å². The average molecular weight is 468 g/mol. The van der Waals surface area contributed by atoms with Crippen LogP contribution in [0.4, 0.5) is 15.9 Å². The molecule has 3 amide bonds. The van der Waals surface area contributed by atoms with Crippen LogP contribution in [-0.4, -0.2) is 51.6 Å². The number of hydrogen-bond donors (Lipinski definition) is 2. The van der Waals surface area contributed by atoms with E-state index in [1.807, 2.05) is 20.8 Å². The molecule has 0 unspecified atom stereocenters. The van der Waals surface area contributed by atoms with Crippen LogP contribution in [0.25, 0.3) is 0 Å². The first kappa shape index (κ1) is 23.7. The van der Waals surface area contributed by atoms with E-state index < -0.39 is 23.7 Å². The molecular formula is C25H30FN5O3. The SMILES string of the molecule is CCc1cc(NC(=O)C(=O)N2C[C@@H](C)N(C(=O)C3(C)CC3)C[C@@H]2c2ccc(F)cc2)cnc1N. The van der Waals surface area contributed by atoms with E-state index in [1.54, 1.807) is 23.1 Å². The number of anilines is 2. The number of pyridine rings is 1. The summed E-state index contributed by atoms with van der Waals surface area (Å²) in [6.07, 6.45) is 3.73. The van der Waals surface area contributed by atoms with Crippen molar-refractivity contribution in [2.75, 3.05) is 24.1 Å². The second-order valence-corrected chi connectivity index (χ2v) is 9.47. The number of hydrogen-bond acceptors (Lipinski definition) is 5. The van der Waals surface area contributed by atoms with Crippen LogP contribution in [0.1, 0.15) is 50.8 Å². The fraction of sp³-hybridized carbons (Fsp3) is 0.440. The standard InChI is InChI=1S/C25H30FN5O3/c1-4-16-11-19(12-28-21(16)27)29-22(32)23(33)31-13-15(2)30(24(34)25(3)9-10-25)14-20(31)17-5-7-18(26)8-6-17/h5-8,11-12,15,20H,4,9-10,13-14H2,1-3H3,(H2,27,28)(H,29,32)/t15-,20-/m1/s1. The lowest BCUT2D eigenvalue weighted by Gasteiger charge is -2.46. The highest BCUT2D eigenvalue weighted by molar-refractivity contribution is 6.39. The van der Waals surface area contributed by atoms with Crippen molar-refractivity contribution in [1.29, 1.82) is 0 Å². The number of benzene rings is 1. The third-order valence-electron chi connectivity index (χ3n) is 6.87. The molecule has 2 atom stereocenters. The number of amides is 3. The number of nitrogens with zero attached hydrogens (tertiary/aromatic N) is 3. The monoisotopic (exact) mass is 467 g/mol. The van der Waals surface area contributed by atoms with Gasteiger partial charge in [-0.3, -0.25) is 14.4 Å². The van der Waals surface area contributed by atoms with Gasteiger partial charge in [-0.1, -0.05) is 26.0 Å². The molecule has 0 radical (unpaired) electrons. The number of aromatic nitrogens is 1. The van der Waals surface area contributed by atoms with E-state index in [2.05, 4.69) is 10.3 Å². The second kappa shape index (κ2) is 9.04. The van der Waals surface area contributed by atoms with Gasteiger partial charge in [0.15, 0.2) is 0 Å². The third-order valence-corrected chi connectivity index (χ3v) is 6.87. The number of carbonyl (C=O) groups is 3. The molecule has 8 nitrogen and oxygen atoms in total. The molecule has 0 spiro atoms. The molecule has 2 aromatic rings. The summed E-state index contributed by atoms with van der Waals surface area (Å²) >= 11 is 0. The van der Waals surface area contributed by atoms with Crippen molar-refractivity contribution < 1.29 is 18.8 Å². The Labute approximate surface area is 198 Å². The first-order valence-electron chi connectivity index (χ1n) is 11.6. The Balaban J connectivity index is 1.58. The number of nitrogens with one attached hydrogen (secondary N) is 1. The van der Waals surface area contributed by atoms with Crippen molar-refractivity contribution in [2.45, 2.75) is 52.1 Å². The highest BCUT2D eigenvalue weighted by Crippen LogP contribution is 2.47. The van der Waals surface area contributed by atoms with Gasteiger partial charge in [-0.15, -0.1) is 0 Å². The molecule has 4 rings (SSSR count). The number of nitrogen functional groups attached to an aromatic ring is 1. The molecule has 1 aliphatic carbocycles. The van der Waals surface area contributed by atoms with E-state index >= 15 is 0 Å². The van der Waals surface area contributed by atoms with Crippen LogP contribution in [0, 0.1) is 11.2 Å². The zero-order chi connectivity index (χ0) is 24.6. The Morgan fingerprint density at radius 3 is 2.47 bits per heavy atom. The van der Waals surface area contributed by atoms with Crippen LogP contribution in [0.5, 0.6) is 0 Å². The van der Waals surface area contributed by atoms with E-state index in [-0.39, 0.29) is 30.5 Å². The molecule has 1 saturated carbocycles. The largest absolute Gasteiger partial charge is 0.383 e. The van der Waals surface area contributed by atoms with Gasteiger partial charge >= 0.3 is 11.8 Å². The molecule has 2 aliphatic rings. The lowest BCUT2D eigenvalue weighted by atomic mass is 9.97. The average Bonchev–Trinajstić information content (AvgIpc) is 3.58. The summed E-state index contributed by atoms with van der Waals surface area (Å²) in [5, 5.41) is 2.62. The molecule has 1 aromatic heterocycles. The summed E-state index contributed by atoms with van der Waals surface area (Å²) in [6.45, 7) is 6.17. The van der Waals surface area contributed by atoms with Crippen LogP contribution in [0.15, 0.2) is 36.5 Å². The predicted molar refractivity (Wildman–Crippen MR) is 126 cm³/mol. The maximum absolute atomic E-state index is 13.6. The predicted octanol–water partition coefficient (Wildman–Crippen LogP) is 2.90. The number of halogens is 1. The van der Waals surface area contributed by atoms with Crippen molar-refractivity contribution in [3.05, 3.63) is 53.5 Å². The van der Waals surface area contributed by atoms with Crippen molar-refractivity contribution in [3.63, 3.8) is 0 Å². The van der Waals surface area contributed by atoms with Crippen LogP contribution in [0.3, 0.4) is 0 Å². The Morgan fingerprint density at radius 1 is 1.18 bits per heavy atom. The van der Waals surface area contributed by atoms with Gasteiger partial charge in [0.25, 0.3) is 0 Å². The molecule has 0 bridgehead atoms. The summed E-state index contributed by atoms with van der Waals surface area (Å²) in [5.41, 5.74) is 7.28. The Morgan fingerprint density at radius 2 is 1.85 bits per heavy atom. The molecule has 1 aromatic carbocycles. The van der Waals surface area contributed by atoms with Crippen LogP contribution in [0.2, 0.25) is 0 Å². The summed E-state index contributed by atoms with van der Waals surface area (Å²) < 4.78 is 13.6. The molecule has 2 fully saturated rings. The molecule has 3 N–H and O–H groups in total. The van der Waals surface area contributed by atoms with Gasteiger partial charge in [0.2, 0.25) is 5.91 Å². The van der Waals surface area contributed by atoms with Crippen molar-refractivity contribution in [3.8, 4) is 0 Å². The van der Waals surface area contributed by atoms with Crippen molar-refractivity contribution >= 4 is 29.2 Å². The van der Waals surface area contributed by atoms with Gasteiger partial charge in [-0.2, -0.15) is 0 Å². The highest BCUT2D eigenvalue weighted by atomic mass is 19.1. The molecule has 34 heavy (non-hydrogen) atoms. The quantitative estimate of drug-likeness (QED) is 0.672. The lowest BCUT2D eigenvalue weighted by Crippen LogP contribution is -2.59. The summed E-state index contributed by atoms with van der Waals surface area (Å²) in [7, 11) is 0. The van der Waals surface area contributed by atoms with Gasteiger partial charge in [-0.05, 0) is 55.5 Å².